The van der Waals surface area contributed by atoms with Gasteiger partial charge in [0, 0.05) is 0 Å². The van der Waals surface area contributed by atoms with Crippen LogP contribution in [-0.2, 0) is 0 Å². The van der Waals surface area contributed by atoms with Crippen molar-refractivity contribution < 1.29 is 19.7 Å². The second-order valence-electron chi connectivity index (χ2n) is 8.66. The number of hydrogen-bond donors (Lipinski definition) is 2. The van der Waals surface area contributed by atoms with Gasteiger partial charge in [-0.15, -0.1) is 0 Å². The van der Waals surface area contributed by atoms with Gasteiger partial charge >= 0.3 is 0 Å². The Kier molecular flexibility index (Phi) is 8.20. The Labute approximate surface area is 202 Å². The summed E-state index contributed by atoms with van der Waals surface area (Å²) in [5, 5.41) is 18.4. The Hall–Kier alpha value is -3.92. The molecule has 4 aromatic carbocycles. The minimum Gasteiger partial charge on any atom is -0.508 e. The number of hydrogen-bond acceptors (Lipinski definition) is 4. The lowest BCUT2D eigenvalue weighted by Crippen LogP contribution is -1.94. The highest BCUT2D eigenvalue weighted by atomic mass is 16.5. The molecule has 0 heterocycles. The van der Waals surface area contributed by atoms with Gasteiger partial charge in [0.1, 0.15) is 34.5 Å². The molecule has 4 heteroatoms. The van der Waals surface area contributed by atoms with Crippen LogP contribution in [0.3, 0.4) is 0 Å². The quantitative estimate of drug-likeness (QED) is 0.316. The van der Waals surface area contributed by atoms with Gasteiger partial charge in [-0.25, -0.2) is 0 Å². The molecule has 0 saturated carbocycles. The van der Waals surface area contributed by atoms with Gasteiger partial charge in [-0.3, -0.25) is 0 Å². The number of ether oxygens (including phenoxy) is 2. The summed E-state index contributed by atoms with van der Waals surface area (Å²) in [6.07, 6.45) is 0. The van der Waals surface area contributed by atoms with Gasteiger partial charge in [-0.2, -0.15) is 0 Å². The molecule has 0 atom stereocenters. The van der Waals surface area contributed by atoms with Crippen molar-refractivity contribution in [2.45, 2.75) is 40.5 Å². The minimum absolute atomic E-state index is 0.243. The van der Waals surface area contributed by atoms with E-state index in [4.69, 9.17) is 14.6 Å². The first-order chi connectivity index (χ1) is 16.2. The van der Waals surface area contributed by atoms with E-state index in [9.17, 15) is 5.11 Å². The van der Waals surface area contributed by atoms with Crippen molar-refractivity contribution in [1.82, 2.24) is 0 Å². The zero-order valence-electron chi connectivity index (χ0n) is 20.4. The Bertz CT molecular complexity index is 1210. The average molecular weight is 457 g/mol. The number of benzene rings is 4. The third kappa shape index (κ3) is 7.04. The van der Waals surface area contributed by atoms with Crippen LogP contribution in [0.1, 0.15) is 42.0 Å². The predicted molar refractivity (Wildman–Crippen MR) is 138 cm³/mol. The van der Waals surface area contributed by atoms with Crippen molar-refractivity contribution in [3.05, 3.63) is 107 Å². The molecule has 2 N–H and O–H groups in total. The molecule has 34 heavy (non-hydrogen) atoms. The average Bonchev–Trinajstić information content (AvgIpc) is 2.80. The van der Waals surface area contributed by atoms with Crippen molar-refractivity contribution in [3.63, 3.8) is 0 Å². The first kappa shape index (κ1) is 24.7. The van der Waals surface area contributed by atoms with E-state index >= 15 is 0 Å². The third-order valence-corrected chi connectivity index (χ3v) is 5.25. The molecule has 0 aliphatic carbocycles. The van der Waals surface area contributed by atoms with E-state index in [-0.39, 0.29) is 11.5 Å². The lowest BCUT2D eigenvalue weighted by molar-refractivity contribution is 0.460. The van der Waals surface area contributed by atoms with Crippen LogP contribution in [0.4, 0.5) is 0 Å². The second-order valence-corrected chi connectivity index (χ2v) is 8.66. The molecule has 0 saturated heterocycles. The van der Waals surface area contributed by atoms with Crippen LogP contribution in [-0.4, -0.2) is 10.2 Å². The maximum Gasteiger partial charge on any atom is 0.130 e. The van der Waals surface area contributed by atoms with Crippen LogP contribution in [0.25, 0.3) is 0 Å². The van der Waals surface area contributed by atoms with Crippen LogP contribution in [0.2, 0.25) is 0 Å². The first-order valence-electron chi connectivity index (χ1n) is 11.3. The molecule has 0 aliphatic heterocycles. The minimum atomic E-state index is 0.243. The van der Waals surface area contributed by atoms with Gasteiger partial charge in [0.05, 0.1) is 0 Å². The van der Waals surface area contributed by atoms with E-state index in [1.807, 2.05) is 31.2 Å². The van der Waals surface area contributed by atoms with Crippen molar-refractivity contribution in [2.75, 3.05) is 0 Å². The van der Waals surface area contributed by atoms with Crippen LogP contribution in [0, 0.1) is 20.8 Å². The van der Waals surface area contributed by atoms with Crippen molar-refractivity contribution in [2.24, 2.45) is 0 Å². The molecule has 0 aromatic heterocycles. The summed E-state index contributed by atoms with van der Waals surface area (Å²) in [6, 6.07) is 25.7. The summed E-state index contributed by atoms with van der Waals surface area (Å²) in [4.78, 5) is 0. The first-order valence-corrected chi connectivity index (χ1v) is 11.3. The molecule has 0 unspecified atom stereocenters. The summed E-state index contributed by atoms with van der Waals surface area (Å²) >= 11 is 0. The molecule has 0 bridgehead atoms. The maximum absolute atomic E-state index is 9.25. The topological polar surface area (TPSA) is 58.9 Å². The molecule has 0 amide bonds. The molecule has 0 fully saturated rings. The van der Waals surface area contributed by atoms with E-state index in [1.54, 1.807) is 48.5 Å². The fourth-order valence-electron chi connectivity index (χ4n) is 3.41. The van der Waals surface area contributed by atoms with Crippen LogP contribution >= 0.6 is 0 Å². The number of phenols is 2. The van der Waals surface area contributed by atoms with Gasteiger partial charge in [-0.05, 0) is 98.5 Å². The molecule has 0 aliphatic rings. The second kappa shape index (κ2) is 11.3. The lowest BCUT2D eigenvalue weighted by Gasteiger charge is -2.14. The monoisotopic (exact) mass is 456 g/mol. The van der Waals surface area contributed by atoms with Gasteiger partial charge in [0.2, 0.25) is 0 Å². The smallest absolute Gasteiger partial charge is 0.130 e. The van der Waals surface area contributed by atoms with E-state index in [2.05, 4.69) is 39.8 Å². The van der Waals surface area contributed by atoms with Crippen LogP contribution < -0.4 is 9.47 Å². The Morgan fingerprint density at radius 1 is 0.559 bits per heavy atom. The number of phenolic OH excluding ortho intramolecular Hbond substituents is 2. The summed E-state index contributed by atoms with van der Waals surface area (Å²) in [5.41, 5.74) is 4.75. The van der Waals surface area contributed by atoms with Crippen molar-refractivity contribution in [1.29, 1.82) is 0 Å². The zero-order valence-corrected chi connectivity index (χ0v) is 20.4. The summed E-state index contributed by atoms with van der Waals surface area (Å²) in [7, 11) is 0. The SMILES string of the molecule is Cc1ccc(Oc2ccc(O)cc2)c(C(C)C)c1.Cc1ccc(Oc2ccc(O)cc2)c(C)c1. The fourth-order valence-corrected chi connectivity index (χ4v) is 3.41. The molecule has 4 aromatic rings. The largest absolute Gasteiger partial charge is 0.508 e. The summed E-state index contributed by atoms with van der Waals surface area (Å²) < 4.78 is 11.6. The van der Waals surface area contributed by atoms with Gasteiger partial charge < -0.3 is 19.7 Å². The Balaban J connectivity index is 0.000000192. The van der Waals surface area contributed by atoms with Crippen molar-refractivity contribution in [3.8, 4) is 34.5 Å². The maximum atomic E-state index is 9.25. The van der Waals surface area contributed by atoms with Crippen LogP contribution in [0.5, 0.6) is 34.5 Å². The molecule has 4 rings (SSSR count). The fraction of sp³-hybridized carbons (Fsp3) is 0.200. The molecule has 176 valence electrons. The van der Waals surface area contributed by atoms with E-state index in [0.717, 1.165) is 28.6 Å². The molecule has 0 spiro atoms. The molecule has 0 radical (unpaired) electrons. The van der Waals surface area contributed by atoms with E-state index in [0.29, 0.717) is 5.92 Å². The molecular weight excluding hydrogens is 424 g/mol. The highest BCUT2D eigenvalue weighted by Crippen LogP contribution is 2.32. The lowest BCUT2D eigenvalue weighted by atomic mass is 10.00. The predicted octanol–water partition coefficient (Wildman–Crippen LogP) is 8.42. The number of rotatable bonds is 5. The number of aromatic hydroxyl groups is 2. The standard InChI is InChI=1S/C16H18O2.C14H14O2/c1-11(2)15-10-12(3)4-9-16(15)18-14-7-5-13(17)6-8-14;1-10-3-8-14(11(2)9-10)16-13-6-4-12(15)5-7-13/h4-11,17H,1-3H3;3-9,15H,1-2H3. The summed E-state index contributed by atoms with van der Waals surface area (Å²) in [5.74, 6) is 4.08. The highest BCUT2D eigenvalue weighted by molar-refractivity contribution is 5.43. The summed E-state index contributed by atoms with van der Waals surface area (Å²) in [6.45, 7) is 10.5. The van der Waals surface area contributed by atoms with Gasteiger partial charge in [-0.1, -0.05) is 49.2 Å². The molecular formula is C30H32O4. The third-order valence-electron chi connectivity index (χ3n) is 5.25. The van der Waals surface area contributed by atoms with E-state index in [1.165, 1.54) is 16.7 Å². The van der Waals surface area contributed by atoms with Crippen LogP contribution in [0.15, 0.2) is 84.9 Å². The van der Waals surface area contributed by atoms with Gasteiger partial charge in [0.25, 0.3) is 0 Å². The normalized spacial score (nSPS) is 10.4. The molecule has 4 nitrogen and oxygen atoms in total. The highest BCUT2D eigenvalue weighted by Gasteiger charge is 2.09. The Morgan fingerprint density at radius 3 is 1.47 bits per heavy atom. The number of aryl methyl sites for hydroxylation is 3. The van der Waals surface area contributed by atoms with Crippen molar-refractivity contribution >= 4 is 0 Å². The Morgan fingerprint density at radius 2 is 1.00 bits per heavy atom. The van der Waals surface area contributed by atoms with E-state index < -0.39 is 0 Å². The zero-order chi connectivity index (χ0) is 24.7. The van der Waals surface area contributed by atoms with Gasteiger partial charge in [0.15, 0.2) is 0 Å².